The van der Waals surface area contributed by atoms with Crippen LogP contribution in [0.2, 0.25) is 0 Å². The Morgan fingerprint density at radius 3 is 2.77 bits per heavy atom. The number of ether oxygens (including phenoxy) is 1. The number of nitrogens with one attached hydrogen (secondary N) is 1. The summed E-state index contributed by atoms with van der Waals surface area (Å²) < 4.78 is 5.36. The molecule has 4 nitrogen and oxygen atoms in total. The maximum Gasteiger partial charge on any atom is 0.126 e. The maximum absolute atomic E-state index is 5.67. The molecule has 0 radical (unpaired) electrons. The number of hydrogen-bond donors (Lipinski definition) is 2. The monoisotopic (exact) mass is 293 g/mol. The van der Waals surface area contributed by atoms with E-state index in [1.54, 1.807) is 7.11 Å². The number of nitrogens with zero attached hydrogens (tertiary/aromatic N) is 1. The van der Waals surface area contributed by atoms with E-state index in [2.05, 4.69) is 22.4 Å². The Morgan fingerprint density at radius 1 is 1.09 bits per heavy atom. The number of aromatic nitrogens is 1. The Labute approximate surface area is 129 Å². The number of fused-ring (bicyclic) bond motifs is 1. The highest BCUT2D eigenvalue weighted by Crippen LogP contribution is 2.20. The molecule has 1 aromatic heterocycles. The molecule has 4 heteroatoms. The van der Waals surface area contributed by atoms with Gasteiger partial charge in [-0.2, -0.15) is 0 Å². The van der Waals surface area contributed by atoms with Crippen LogP contribution in [0.3, 0.4) is 0 Å². The number of benzene rings is 2. The zero-order valence-electron chi connectivity index (χ0n) is 12.5. The van der Waals surface area contributed by atoms with Crippen molar-refractivity contribution in [3.05, 3.63) is 65.7 Å². The Balaban J connectivity index is 1.79. The van der Waals surface area contributed by atoms with Gasteiger partial charge in [-0.25, -0.2) is 4.98 Å². The first-order valence-electron chi connectivity index (χ1n) is 7.25. The third kappa shape index (κ3) is 3.02. The number of methoxy groups -OCH3 is 1. The van der Waals surface area contributed by atoms with Crippen molar-refractivity contribution < 1.29 is 4.74 Å². The number of hydrogen-bond acceptors (Lipinski definition) is 4. The molecule has 0 saturated carbocycles. The molecular formula is C18H19N3O. The topological polar surface area (TPSA) is 60.2 Å². The minimum atomic E-state index is 0.545. The molecule has 0 amide bonds. The molecule has 0 aliphatic rings. The number of nitrogens with two attached hydrogens (primary N) is 1. The van der Waals surface area contributed by atoms with Crippen LogP contribution in [0.25, 0.3) is 10.9 Å². The van der Waals surface area contributed by atoms with Crippen molar-refractivity contribution in [1.29, 1.82) is 0 Å². The van der Waals surface area contributed by atoms with Crippen LogP contribution in [0.15, 0.2) is 54.6 Å². The minimum Gasteiger partial charge on any atom is -0.496 e. The van der Waals surface area contributed by atoms with Crippen molar-refractivity contribution in [2.24, 2.45) is 5.73 Å². The molecule has 0 saturated heterocycles. The molecule has 22 heavy (non-hydrogen) atoms. The maximum atomic E-state index is 5.67. The molecule has 0 aliphatic carbocycles. The standard InChI is InChI=1S/C18H19N3O/c1-22-17-5-3-2-4-15(17)12-20-18-9-7-14-10-13(11-19)6-8-16(14)21-18/h2-10H,11-12,19H2,1H3,(H,20,21). The zero-order valence-corrected chi connectivity index (χ0v) is 12.5. The van der Waals surface area contributed by atoms with Crippen molar-refractivity contribution >= 4 is 16.7 Å². The number of para-hydroxylation sites is 1. The van der Waals surface area contributed by atoms with Gasteiger partial charge in [0, 0.05) is 24.0 Å². The van der Waals surface area contributed by atoms with Gasteiger partial charge in [0.2, 0.25) is 0 Å². The lowest BCUT2D eigenvalue weighted by Gasteiger charge is -2.10. The normalized spacial score (nSPS) is 10.6. The third-order valence-corrected chi connectivity index (χ3v) is 3.64. The van der Waals surface area contributed by atoms with Gasteiger partial charge in [-0.1, -0.05) is 24.3 Å². The first-order valence-corrected chi connectivity index (χ1v) is 7.25. The summed E-state index contributed by atoms with van der Waals surface area (Å²) in [5.74, 6) is 1.72. The number of rotatable bonds is 5. The number of pyridine rings is 1. The summed E-state index contributed by atoms with van der Waals surface area (Å²) in [5.41, 5.74) is 8.84. The molecule has 112 valence electrons. The van der Waals surface area contributed by atoms with Crippen LogP contribution >= 0.6 is 0 Å². The largest absolute Gasteiger partial charge is 0.496 e. The molecule has 3 rings (SSSR count). The minimum absolute atomic E-state index is 0.545. The average molecular weight is 293 g/mol. The van der Waals surface area contributed by atoms with E-state index in [-0.39, 0.29) is 0 Å². The Morgan fingerprint density at radius 2 is 1.95 bits per heavy atom. The Kier molecular flexibility index (Phi) is 4.21. The fourth-order valence-corrected chi connectivity index (χ4v) is 2.44. The van der Waals surface area contributed by atoms with Crippen LogP contribution < -0.4 is 15.8 Å². The second-order valence-corrected chi connectivity index (χ2v) is 5.09. The van der Waals surface area contributed by atoms with Gasteiger partial charge in [-0.15, -0.1) is 0 Å². The van der Waals surface area contributed by atoms with E-state index in [1.165, 1.54) is 0 Å². The van der Waals surface area contributed by atoms with E-state index in [0.717, 1.165) is 33.6 Å². The fraction of sp³-hybridized carbons (Fsp3) is 0.167. The molecule has 0 unspecified atom stereocenters. The Bertz CT molecular complexity index is 786. The van der Waals surface area contributed by atoms with Crippen LogP contribution in [0.4, 0.5) is 5.82 Å². The van der Waals surface area contributed by atoms with Gasteiger partial charge >= 0.3 is 0 Å². The molecule has 3 aromatic rings. The van der Waals surface area contributed by atoms with Gasteiger partial charge in [-0.3, -0.25) is 0 Å². The summed E-state index contributed by atoms with van der Waals surface area (Å²) in [4.78, 5) is 4.63. The third-order valence-electron chi connectivity index (χ3n) is 3.64. The second-order valence-electron chi connectivity index (χ2n) is 5.09. The van der Waals surface area contributed by atoms with Crippen LogP contribution in [-0.4, -0.2) is 12.1 Å². The lowest BCUT2D eigenvalue weighted by Crippen LogP contribution is -2.03. The first kappa shape index (κ1) is 14.4. The summed E-state index contributed by atoms with van der Waals surface area (Å²) in [5, 5.41) is 4.44. The quantitative estimate of drug-likeness (QED) is 0.757. The smallest absolute Gasteiger partial charge is 0.126 e. The van der Waals surface area contributed by atoms with Gasteiger partial charge in [0.1, 0.15) is 11.6 Å². The van der Waals surface area contributed by atoms with Crippen LogP contribution in [0.1, 0.15) is 11.1 Å². The molecule has 0 aliphatic heterocycles. The molecule has 0 fully saturated rings. The second kappa shape index (κ2) is 6.45. The van der Waals surface area contributed by atoms with Gasteiger partial charge in [0.25, 0.3) is 0 Å². The van der Waals surface area contributed by atoms with Crippen LogP contribution in [0.5, 0.6) is 5.75 Å². The lowest BCUT2D eigenvalue weighted by molar-refractivity contribution is 0.410. The summed E-state index contributed by atoms with van der Waals surface area (Å²) in [6.07, 6.45) is 0. The molecular weight excluding hydrogens is 274 g/mol. The predicted octanol–water partition coefficient (Wildman–Crippen LogP) is 3.31. The van der Waals surface area contributed by atoms with Gasteiger partial charge in [0.05, 0.1) is 12.6 Å². The van der Waals surface area contributed by atoms with E-state index >= 15 is 0 Å². The zero-order chi connectivity index (χ0) is 15.4. The van der Waals surface area contributed by atoms with E-state index in [4.69, 9.17) is 10.5 Å². The highest BCUT2D eigenvalue weighted by molar-refractivity contribution is 5.81. The summed E-state index contributed by atoms with van der Waals surface area (Å²) >= 11 is 0. The van der Waals surface area contributed by atoms with Crippen molar-refractivity contribution in [3.63, 3.8) is 0 Å². The molecule has 1 heterocycles. The first-order chi connectivity index (χ1) is 10.8. The van der Waals surface area contributed by atoms with Gasteiger partial charge in [-0.05, 0) is 35.9 Å². The predicted molar refractivity (Wildman–Crippen MR) is 90.0 cm³/mol. The molecule has 2 aromatic carbocycles. The van der Waals surface area contributed by atoms with Crippen molar-refractivity contribution in [3.8, 4) is 5.75 Å². The van der Waals surface area contributed by atoms with Crippen molar-refractivity contribution in [2.45, 2.75) is 13.1 Å². The number of anilines is 1. The van der Waals surface area contributed by atoms with E-state index < -0.39 is 0 Å². The summed E-state index contributed by atoms with van der Waals surface area (Å²) in [7, 11) is 1.68. The fourth-order valence-electron chi connectivity index (χ4n) is 2.44. The van der Waals surface area contributed by atoms with E-state index in [0.29, 0.717) is 13.1 Å². The summed E-state index contributed by atoms with van der Waals surface area (Å²) in [6.45, 7) is 1.22. The highest BCUT2D eigenvalue weighted by atomic mass is 16.5. The van der Waals surface area contributed by atoms with Crippen molar-refractivity contribution in [1.82, 2.24) is 4.98 Å². The molecule has 0 atom stereocenters. The summed E-state index contributed by atoms with van der Waals surface area (Å²) in [6, 6.07) is 18.1. The van der Waals surface area contributed by atoms with Crippen molar-refractivity contribution in [2.75, 3.05) is 12.4 Å². The highest BCUT2D eigenvalue weighted by Gasteiger charge is 2.03. The van der Waals surface area contributed by atoms with Gasteiger partial charge in [0.15, 0.2) is 0 Å². The van der Waals surface area contributed by atoms with E-state index in [1.807, 2.05) is 42.5 Å². The molecule has 0 spiro atoms. The van der Waals surface area contributed by atoms with Crippen LogP contribution in [0, 0.1) is 0 Å². The average Bonchev–Trinajstić information content (AvgIpc) is 2.59. The van der Waals surface area contributed by atoms with Crippen LogP contribution in [-0.2, 0) is 13.1 Å². The van der Waals surface area contributed by atoms with E-state index in [9.17, 15) is 0 Å². The SMILES string of the molecule is COc1ccccc1CNc1ccc2cc(CN)ccc2n1. The lowest BCUT2D eigenvalue weighted by atomic mass is 10.1. The molecule has 3 N–H and O–H groups in total. The van der Waals surface area contributed by atoms with Gasteiger partial charge < -0.3 is 15.8 Å². The Hall–Kier alpha value is -2.59. The molecule has 0 bridgehead atoms.